The minimum absolute atomic E-state index is 0.112. The first-order valence-electron chi connectivity index (χ1n) is 6.65. The number of nitrogens with one attached hydrogen (secondary N) is 1. The zero-order chi connectivity index (χ0) is 15.1. The number of hydrogen-bond acceptors (Lipinski definition) is 5. The third-order valence-electron chi connectivity index (χ3n) is 2.70. The van der Waals surface area contributed by atoms with Gasteiger partial charge in [-0.25, -0.2) is 4.98 Å². The van der Waals surface area contributed by atoms with Crippen LogP contribution in [0.15, 0.2) is 40.3 Å². The van der Waals surface area contributed by atoms with Crippen LogP contribution in [-0.2, 0) is 0 Å². The lowest BCUT2D eigenvalue weighted by atomic mass is 10.3. The lowest BCUT2D eigenvalue weighted by Gasteiger charge is -2.07. The van der Waals surface area contributed by atoms with Crippen molar-refractivity contribution in [3.05, 3.63) is 46.4 Å². The van der Waals surface area contributed by atoms with Gasteiger partial charge in [0.15, 0.2) is 5.16 Å². The van der Waals surface area contributed by atoms with E-state index < -0.39 is 0 Å². The molecule has 5 nitrogen and oxygen atoms in total. The van der Waals surface area contributed by atoms with Crippen LogP contribution >= 0.6 is 11.8 Å². The van der Waals surface area contributed by atoms with Crippen molar-refractivity contribution in [3.63, 3.8) is 0 Å². The summed E-state index contributed by atoms with van der Waals surface area (Å²) in [6.07, 6.45) is 0.869. The molecule has 21 heavy (non-hydrogen) atoms. The average molecular weight is 306 g/mol. The Kier molecular flexibility index (Phi) is 5.68. The molecule has 1 aromatic heterocycles. The van der Waals surface area contributed by atoms with Gasteiger partial charge >= 0.3 is 0 Å². The maximum absolute atomic E-state index is 11.3. The van der Waals surface area contributed by atoms with Gasteiger partial charge in [-0.15, -0.1) is 0 Å². The second-order valence-corrected chi connectivity index (χ2v) is 5.50. The smallest absolute Gasteiger partial charge is 0.251 e. The predicted molar refractivity (Wildman–Crippen MR) is 83.4 cm³/mol. The maximum Gasteiger partial charge on any atom is 0.251 e. The molecule has 1 heterocycles. The third kappa shape index (κ3) is 5.15. The van der Waals surface area contributed by atoms with Gasteiger partial charge in [-0.05, 0) is 37.6 Å². The van der Waals surface area contributed by atoms with Gasteiger partial charge in [0.1, 0.15) is 11.5 Å². The van der Waals surface area contributed by atoms with E-state index in [0.717, 1.165) is 29.4 Å². The number of aromatic amines is 1. The molecule has 0 bridgehead atoms. The summed E-state index contributed by atoms with van der Waals surface area (Å²) in [4.78, 5) is 18.3. The monoisotopic (exact) mass is 306 g/mol. The molecule has 2 aromatic rings. The molecular weight excluding hydrogens is 288 g/mol. The van der Waals surface area contributed by atoms with Crippen molar-refractivity contribution in [2.75, 3.05) is 19.5 Å². The molecule has 2 rings (SSSR count). The summed E-state index contributed by atoms with van der Waals surface area (Å²) in [5.74, 6) is 2.47. The number of nitrogens with zero attached hydrogens (tertiary/aromatic N) is 1. The Morgan fingerprint density at radius 2 is 1.95 bits per heavy atom. The van der Waals surface area contributed by atoms with E-state index in [1.807, 2.05) is 31.2 Å². The molecule has 112 valence electrons. The number of benzene rings is 1. The Morgan fingerprint density at radius 3 is 2.62 bits per heavy atom. The van der Waals surface area contributed by atoms with Crippen LogP contribution in [0.25, 0.3) is 0 Å². The standard InChI is InChI=1S/C15H18N2O3S/c1-11-10-14(18)17-15(16-11)21-9-3-8-20-13-6-4-12(19-2)5-7-13/h4-7,10H,3,8-9H2,1-2H3,(H,16,17,18). The Bertz CT molecular complexity index is 626. The summed E-state index contributed by atoms with van der Waals surface area (Å²) < 4.78 is 10.7. The van der Waals surface area contributed by atoms with Crippen molar-refractivity contribution in [1.29, 1.82) is 0 Å². The van der Waals surface area contributed by atoms with Gasteiger partial charge in [-0.1, -0.05) is 11.8 Å². The van der Waals surface area contributed by atoms with E-state index in [2.05, 4.69) is 9.97 Å². The van der Waals surface area contributed by atoms with E-state index in [9.17, 15) is 4.79 Å². The lowest BCUT2D eigenvalue weighted by molar-refractivity contribution is 0.318. The third-order valence-corrected chi connectivity index (χ3v) is 3.66. The Hall–Kier alpha value is -1.95. The van der Waals surface area contributed by atoms with Crippen LogP contribution < -0.4 is 15.0 Å². The fourth-order valence-electron chi connectivity index (χ4n) is 1.71. The van der Waals surface area contributed by atoms with Crippen molar-refractivity contribution < 1.29 is 9.47 Å². The summed E-state index contributed by atoms with van der Waals surface area (Å²) in [6, 6.07) is 8.98. The van der Waals surface area contributed by atoms with Crippen molar-refractivity contribution in [2.45, 2.75) is 18.5 Å². The molecule has 0 spiro atoms. The van der Waals surface area contributed by atoms with E-state index >= 15 is 0 Å². The Balaban J connectivity index is 1.70. The van der Waals surface area contributed by atoms with Crippen LogP contribution in [0, 0.1) is 6.92 Å². The van der Waals surface area contributed by atoms with Crippen LogP contribution in [0.1, 0.15) is 12.1 Å². The number of ether oxygens (including phenoxy) is 2. The SMILES string of the molecule is COc1ccc(OCCCSc2nc(C)cc(=O)[nH]2)cc1. The molecule has 0 amide bonds. The quantitative estimate of drug-likeness (QED) is 0.484. The summed E-state index contributed by atoms with van der Waals surface area (Å²) in [6.45, 7) is 2.43. The number of aromatic nitrogens is 2. The number of rotatable bonds is 7. The highest BCUT2D eigenvalue weighted by Gasteiger charge is 2.00. The molecule has 0 radical (unpaired) electrons. The molecule has 0 aliphatic rings. The molecule has 0 unspecified atom stereocenters. The summed E-state index contributed by atoms with van der Waals surface area (Å²) in [5, 5.41) is 0.657. The van der Waals surface area contributed by atoms with Crippen LogP contribution in [0.3, 0.4) is 0 Å². The maximum atomic E-state index is 11.3. The molecule has 0 aliphatic heterocycles. The first-order valence-corrected chi connectivity index (χ1v) is 7.63. The molecule has 0 atom stereocenters. The topological polar surface area (TPSA) is 64.2 Å². The first kappa shape index (κ1) is 15.4. The van der Waals surface area contributed by atoms with Crippen molar-refractivity contribution in [3.8, 4) is 11.5 Å². The van der Waals surface area contributed by atoms with E-state index in [4.69, 9.17) is 9.47 Å². The molecule has 1 aromatic carbocycles. The molecule has 0 aliphatic carbocycles. The molecule has 0 fully saturated rings. The lowest BCUT2D eigenvalue weighted by Crippen LogP contribution is -2.08. The van der Waals surface area contributed by atoms with Gasteiger partial charge in [-0.2, -0.15) is 0 Å². The minimum Gasteiger partial charge on any atom is -0.497 e. The van der Waals surface area contributed by atoms with Gasteiger partial charge < -0.3 is 14.5 Å². The van der Waals surface area contributed by atoms with Gasteiger partial charge in [0.2, 0.25) is 0 Å². The summed E-state index contributed by atoms with van der Waals surface area (Å²) >= 11 is 1.52. The molecule has 1 N–H and O–H groups in total. The second-order valence-electron chi connectivity index (χ2n) is 4.42. The van der Waals surface area contributed by atoms with E-state index in [1.54, 1.807) is 7.11 Å². The molecular formula is C15H18N2O3S. The van der Waals surface area contributed by atoms with E-state index in [1.165, 1.54) is 17.8 Å². The first-order chi connectivity index (χ1) is 10.2. The van der Waals surface area contributed by atoms with Crippen molar-refractivity contribution in [2.24, 2.45) is 0 Å². The summed E-state index contributed by atoms with van der Waals surface area (Å²) in [7, 11) is 1.64. The number of H-pyrrole nitrogens is 1. The normalized spacial score (nSPS) is 10.4. The number of thioether (sulfide) groups is 1. The minimum atomic E-state index is -0.112. The van der Waals surface area contributed by atoms with Crippen LogP contribution in [0.2, 0.25) is 0 Å². The zero-order valence-corrected chi connectivity index (χ0v) is 12.9. The molecule has 0 saturated heterocycles. The number of methoxy groups -OCH3 is 1. The summed E-state index contributed by atoms with van der Waals surface area (Å²) in [5.41, 5.74) is 0.621. The highest BCUT2D eigenvalue weighted by Crippen LogP contribution is 2.18. The van der Waals surface area contributed by atoms with Crippen LogP contribution in [0.4, 0.5) is 0 Å². The van der Waals surface area contributed by atoms with Crippen LogP contribution in [0.5, 0.6) is 11.5 Å². The fourth-order valence-corrected chi connectivity index (χ4v) is 2.55. The molecule has 6 heteroatoms. The van der Waals surface area contributed by atoms with Crippen molar-refractivity contribution in [1.82, 2.24) is 9.97 Å². The highest BCUT2D eigenvalue weighted by atomic mass is 32.2. The number of hydrogen-bond donors (Lipinski definition) is 1. The fraction of sp³-hybridized carbons (Fsp3) is 0.333. The Labute approximate surface area is 127 Å². The average Bonchev–Trinajstić information content (AvgIpc) is 2.46. The highest BCUT2D eigenvalue weighted by molar-refractivity contribution is 7.99. The van der Waals surface area contributed by atoms with Crippen molar-refractivity contribution >= 4 is 11.8 Å². The largest absolute Gasteiger partial charge is 0.497 e. The second kappa shape index (κ2) is 7.73. The van der Waals surface area contributed by atoms with Gasteiger partial charge in [-0.3, -0.25) is 4.79 Å². The van der Waals surface area contributed by atoms with E-state index in [-0.39, 0.29) is 5.56 Å². The van der Waals surface area contributed by atoms with E-state index in [0.29, 0.717) is 11.8 Å². The van der Waals surface area contributed by atoms with Gasteiger partial charge in [0.05, 0.1) is 13.7 Å². The van der Waals surface area contributed by atoms with Gasteiger partial charge in [0, 0.05) is 17.5 Å². The number of aryl methyl sites for hydroxylation is 1. The van der Waals surface area contributed by atoms with Crippen LogP contribution in [-0.4, -0.2) is 29.4 Å². The Morgan fingerprint density at radius 1 is 1.24 bits per heavy atom. The zero-order valence-electron chi connectivity index (χ0n) is 12.1. The predicted octanol–water partition coefficient (Wildman–Crippen LogP) is 2.65. The molecule has 0 saturated carbocycles. The van der Waals surface area contributed by atoms with Gasteiger partial charge in [0.25, 0.3) is 5.56 Å².